The van der Waals surface area contributed by atoms with E-state index in [9.17, 15) is 0 Å². The minimum atomic E-state index is 0.223. The number of aliphatic hydroxyl groups is 1. The second kappa shape index (κ2) is 4.97. The Balaban J connectivity index is 2.92. The topological polar surface area (TPSA) is 20.2 Å². The zero-order valence-electron chi connectivity index (χ0n) is 9.17. The fourth-order valence-electron chi connectivity index (χ4n) is 1.45. The van der Waals surface area contributed by atoms with Gasteiger partial charge < -0.3 is 5.11 Å². The molecule has 1 rings (SSSR count). The van der Waals surface area contributed by atoms with Gasteiger partial charge in [0.2, 0.25) is 0 Å². The van der Waals surface area contributed by atoms with E-state index in [0.717, 1.165) is 6.42 Å². The molecular formula is C13H18O. The van der Waals surface area contributed by atoms with E-state index < -0.39 is 0 Å². The lowest BCUT2D eigenvalue weighted by atomic mass is 10.0. The Hall–Kier alpha value is -1.08. The molecule has 14 heavy (non-hydrogen) atoms. The van der Waals surface area contributed by atoms with Crippen molar-refractivity contribution in [3.8, 4) is 0 Å². The number of hydrogen-bond acceptors (Lipinski definition) is 1. The third-order valence-corrected chi connectivity index (χ3v) is 2.48. The van der Waals surface area contributed by atoms with Crippen molar-refractivity contribution >= 4 is 6.08 Å². The fourth-order valence-corrected chi connectivity index (χ4v) is 1.45. The lowest BCUT2D eigenvalue weighted by Crippen LogP contribution is -1.87. The van der Waals surface area contributed by atoms with Crippen LogP contribution in [0.2, 0.25) is 0 Å². The minimum Gasteiger partial charge on any atom is -0.396 e. The van der Waals surface area contributed by atoms with Gasteiger partial charge in [-0.3, -0.25) is 0 Å². The van der Waals surface area contributed by atoms with Gasteiger partial charge in [0.1, 0.15) is 0 Å². The van der Waals surface area contributed by atoms with Gasteiger partial charge in [-0.25, -0.2) is 0 Å². The molecule has 0 fully saturated rings. The summed E-state index contributed by atoms with van der Waals surface area (Å²) < 4.78 is 0. The van der Waals surface area contributed by atoms with Crippen molar-refractivity contribution in [2.75, 3.05) is 6.61 Å². The quantitative estimate of drug-likeness (QED) is 0.776. The van der Waals surface area contributed by atoms with Gasteiger partial charge in [-0.05, 0) is 49.4 Å². The highest BCUT2D eigenvalue weighted by molar-refractivity contribution is 5.55. The van der Waals surface area contributed by atoms with Gasteiger partial charge in [-0.2, -0.15) is 0 Å². The average molecular weight is 190 g/mol. The minimum absolute atomic E-state index is 0.223. The third kappa shape index (κ3) is 2.71. The first kappa shape index (κ1) is 11.0. The zero-order chi connectivity index (χ0) is 10.6. The van der Waals surface area contributed by atoms with E-state index in [1.807, 2.05) is 6.08 Å². The number of aryl methyl sites for hydroxylation is 3. The summed E-state index contributed by atoms with van der Waals surface area (Å²) in [7, 11) is 0. The summed E-state index contributed by atoms with van der Waals surface area (Å²) >= 11 is 0. The van der Waals surface area contributed by atoms with Crippen LogP contribution < -0.4 is 0 Å². The molecule has 0 radical (unpaired) electrons. The lowest BCUT2D eigenvalue weighted by Gasteiger charge is -2.05. The second-order valence-electron chi connectivity index (χ2n) is 3.71. The molecule has 0 heterocycles. The Bertz CT molecular complexity index is 337. The molecule has 0 aliphatic rings. The summed E-state index contributed by atoms with van der Waals surface area (Å²) in [4.78, 5) is 0. The summed E-state index contributed by atoms with van der Waals surface area (Å²) in [6.07, 6.45) is 4.82. The Morgan fingerprint density at radius 2 is 1.71 bits per heavy atom. The van der Waals surface area contributed by atoms with E-state index in [-0.39, 0.29) is 6.61 Å². The lowest BCUT2D eigenvalue weighted by molar-refractivity contribution is 0.303. The van der Waals surface area contributed by atoms with Gasteiger partial charge in [0, 0.05) is 6.61 Å². The Labute approximate surface area is 86.1 Å². The van der Waals surface area contributed by atoms with Crippen molar-refractivity contribution in [2.45, 2.75) is 27.2 Å². The van der Waals surface area contributed by atoms with Crippen LogP contribution in [0.5, 0.6) is 0 Å². The predicted octanol–water partition coefficient (Wildman–Crippen LogP) is 3.01. The highest BCUT2D eigenvalue weighted by Gasteiger charge is 1.97. The maximum atomic E-state index is 8.66. The van der Waals surface area contributed by atoms with E-state index in [1.54, 1.807) is 0 Å². The summed E-state index contributed by atoms with van der Waals surface area (Å²) in [6, 6.07) is 4.40. The maximum Gasteiger partial charge on any atom is 0.0465 e. The van der Waals surface area contributed by atoms with Crippen LogP contribution in [0.15, 0.2) is 18.2 Å². The van der Waals surface area contributed by atoms with Crippen molar-refractivity contribution in [2.24, 2.45) is 0 Å². The van der Waals surface area contributed by atoms with E-state index in [2.05, 4.69) is 39.0 Å². The Morgan fingerprint density at radius 3 is 2.36 bits per heavy atom. The standard InChI is InChI=1S/C13H18O/c1-10-8-12(3)13(9-11(10)2)6-4-5-7-14/h4,6,8-9,14H,5,7H2,1-3H3. The van der Waals surface area contributed by atoms with Gasteiger partial charge in [-0.15, -0.1) is 0 Å². The van der Waals surface area contributed by atoms with Crippen LogP contribution in [0, 0.1) is 20.8 Å². The van der Waals surface area contributed by atoms with Crippen molar-refractivity contribution in [1.82, 2.24) is 0 Å². The first-order valence-electron chi connectivity index (χ1n) is 5.00. The van der Waals surface area contributed by atoms with Crippen molar-refractivity contribution in [3.05, 3.63) is 40.5 Å². The van der Waals surface area contributed by atoms with Crippen LogP contribution in [0.25, 0.3) is 6.08 Å². The first-order valence-corrected chi connectivity index (χ1v) is 5.00. The molecule has 1 aromatic carbocycles. The number of hydrogen-bond donors (Lipinski definition) is 1. The third-order valence-electron chi connectivity index (χ3n) is 2.48. The predicted molar refractivity (Wildman–Crippen MR) is 61.4 cm³/mol. The van der Waals surface area contributed by atoms with E-state index in [0.29, 0.717) is 0 Å². The van der Waals surface area contributed by atoms with Crippen molar-refractivity contribution in [1.29, 1.82) is 0 Å². The molecule has 1 N–H and O–H groups in total. The van der Waals surface area contributed by atoms with Crippen molar-refractivity contribution < 1.29 is 5.11 Å². The molecule has 76 valence electrons. The summed E-state index contributed by atoms with van der Waals surface area (Å²) in [5.74, 6) is 0. The normalized spacial score (nSPS) is 11.1. The molecule has 0 aliphatic heterocycles. The molecule has 0 bridgehead atoms. The molecule has 0 saturated carbocycles. The molecule has 1 heteroatoms. The van der Waals surface area contributed by atoms with Crippen LogP contribution in [-0.2, 0) is 0 Å². The average Bonchev–Trinajstić information content (AvgIpc) is 2.14. The first-order chi connectivity index (χ1) is 6.65. The second-order valence-corrected chi connectivity index (χ2v) is 3.71. The van der Waals surface area contributed by atoms with Crippen LogP contribution in [0.3, 0.4) is 0 Å². The molecule has 1 aromatic rings. The largest absolute Gasteiger partial charge is 0.396 e. The summed E-state index contributed by atoms with van der Waals surface area (Å²) in [5.41, 5.74) is 5.20. The fraction of sp³-hybridized carbons (Fsp3) is 0.385. The number of aliphatic hydroxyl groups excluding tert-OH is 1. The zero-order valence-corrected chi connectivity index (χ0v) is 9.17. The highest BCUT2D eigenvalue weighted by atomic mass is 16.2. The van der Waals surface area contributed by atoms with Crippen LogP contribution in [0.4, 0.5) is 0 Å². The monoisotopic (exact) mass is 190 g/mol. The maximum absolute atomic E-state index is 8.66. The van der Waals surface area contributed by atoms with Gasteiger partial charge in [0.15, 0.2) is 0 Å². The molecule has 0 unspecified atom stereocenters. The van der Waals surface area contributed by atoms with Crippen LogP contribution >= 0.6 is 0 Å². The van der Waals surface area contributed by atoms with Gasteiger partial charge in [0.25, 0.3) is 0 Å². The molecule has 0 aromatic heterocycles. The molecule has 1 nitrogen and oxygen atoms in total. The molecule has 0 atom stereocenters. The van der Waals surface area contributed by atoms with Crippen LogP contribution in [-0.4, -0.2) is 11.7 Å². The molecule has 0 spiro atoms. The summed E-state index contributed by atoms with van der Waals surface area (Å²) in [5, 5.41) is 8.66. The van der Waals surface area contributed by atoms with E-state index >= 15 is 0 Å². The molecular weight excluding hydrogens is 172 g/mol. The van der Waals surface area contributed by atoms with Gasteiger partial charge >= 0.3 is 0 Å². The Morgan fingerprint density at radius 1 is 1.07 bits per heavy atom. The number of rotatable bonds is 3. The Kier molecular flexibility index (Phi) is 3.90. The SMILES string of the molecule is Cc1cc(C)c(C=CCCO)cc1C. The number of benzene rings is 1. The van der Waals surface area contributed by atoms with Gasteiger partial charge in [-0.1, -0.05) is 24.3 Å². The van der Waals surface area contributed by atoms with E-state index in [1.165, 1.54) is 22.3 Å². The molecule has 0 saturated heterocycles. The van der Waals surface area contributed by atoms with Crippen molar-refractivity contribution in [3.63, 3.8) is 0 Å². The molecule has 0 aliphatic carbocycles. The molecule has 0 amide bonds. The summed E-state index contributed by atoms with van der Waals surface area (Å²) in [6.45, 7) is 6.59. The van der Waals surface area contributed by atoms with Gasteiger partial charge in [0.05, 0.1) is 0 Å². The van der Waals surface area contributed by atoms with Crippen LogP contribution in [0.1, 0.15) is 28.7 Å². The highest BCUT2D eigenvalue weighted by Crippen LogP contribution is 2.16. The van der Waals surface area contributed by atoms with E-state index in [4.69, 9.17) is 5.11 Å². The smallest absolute Gasteiger partial charge is 0.0465 e.